The van der Waals surface area contributed by atoms with Crippen LogP contribution in [0.4, 0.5) is 0 Å². The summed E-state index contributed by atoms with van der Waals surface area (Å²) in [5, 5.41) is 18.3. The number of fused-ring (bicyclic) bond motifs is 1. The molecule has 2 aromatic carbocycles. The number of carboxylic acid groups (broad SMARTS) is 1. The van der Waals surface area contributed by atoms with E-state index in [4.69, 9.17) is 5.73 Å². The molecule has 3 aromatic rings. The van der Waals surface area contributed by atoms with Crippen LogP contribution in [0.3, 0.4) is 0 Å². The minimum Gasteiger partial charge on any atom is -0.480 e. The fourth-order valence-corrected chi connectivity index (χ4v) is 4.14. The summed E-state index contributed by atoms with van der Waals surface area (Å²) in [6.45, 7) is 4.98. The van der Waals surface area contributed by atoms with Crippen molar-refractivity contribution in [1.29, 1.82) is 0 Å². The average Bonchev–Trinajstić information content (AvgIpc) is 3.29. The summed E-state index contributed by atoms with van der Waals surface area (Å²) in [6, 6.07) is 12.6. The van der Waals surface area contributed by atoms with Gasteiger partial charge in [0.15, 0.2) is 0 Å². The molecule has 0 aliphatic rings. The summed E-state index contributed by atoms with van der Waals surface area (Å²) in [6.07, 6.45) is 2.19. The molecule has 0 spiro atoms. The number of nitrogens with two attached hydrogens (primary N) is 1. The number of aromatic amines is 1. The maximum absolute atomic E-state index is 13.0. The van der Waals surface area contributed by atoms with Crippen LogP contribution in [0.1, 0.15) is 31.9 Å². The van der Waals surface area contributed by atoms with Gasteiger partial charge in [0.05, 0.1) is 6.04 Å². The number of H-pyrrole nitrogens is 1. The predicted octanol–water partition coefficient (Wildman–Crippen LogP) is 1.50. The monoisotopic (exact) mass is 521 g/mol. The Balaban J connectivity index is 1.58. The van der Waals surface area contributed by atoms with Crippen LogP contribution in [0.2, 0.25) is 0 Å². The number of hydrogen-bond donors (Lipinski definition) is 6. The van der Waals surface area contributed by atoms with Crippen molar-refractivity contribution in [3.05, 3.63) is 71.9 Å². The first-order valence-corrected chi connectivity index (χ1v) is 12.5. The lowest BCUT2D eigenvalue weighted by molar-refractivity contribution is -0.142. The zero-order valence-corrected chi connectivity index (χ0v) is 21.7. The van der Waals surface area contributed by atoms with Gasteiger partial charge in [-0.05, 0) is 36.5 Å². The van der Waals surface area contributed by atoms with E-state index in [2.05, 4.69) is 20.9 Å². The van der Waals surface area contributed by atoms with E-state index >= 15 is 0 Å². The third kappa shape index (κ3) is 7.42. The summed E-state index contributed by atoms with van der Waals surface area (Å²) in [5.74, 6) is -3.18. The Hall–Kier alpha value is -4.18. The summed E-state index contributed by atoms with van der Waals surface area (Å²) in [7, 11) is 0. The smallest absolute Gasteiger partial charge is 0.326 e. The van der Waals surface area contributed by atoms with Crippen molar-refractivity contribution < 1.29 is 24.3 Å². The zero-order chi connectivity index (χ0) is 27.8. The molecule has 0 saturated heterocycles. The first-order chi connectivity index (χ1) is 18.1. The van der Waals surface area contributed by atoms with Crippen LogP contribution < -0.4 is 21.7 Å². The SMILES string of the molecule is CC(NC(=O)C(NC(=O)C(N)Cc1c[nH]c2ccccc12)C(C)C)C(=O)NC(Cc1ccccc1)C(=O)O. The average molecular weight is 522 g/mol. The van der Waals surface area contributed by atoms with E-state index in [9.17, 15) is 24.3 Å². The molecule has 38 heavy (non-hydrogen) atoms. The molecule has 3 amide bonds. The van der Waals surface area contributed by atoms with E-state index in [1.165, 1.54) is 6.92 Å². The maximum Gasteiger partial charge on any atom is 0.326 e. The van der Waals surface area contributed by atoms with Crippen LogP contribution >= 0.6 is 0 Å². The normalized spacial score (nSPS) is 14.3. The van der Waals surface area contributed by atoms with E-state index in [-0.39, 0.29) is 18.8 Å². The molecule has 0 radical (unpaired) electrons. The van der Waals surface area contributed by atoms with Crippen LogP contribution in [0, 0.1) is 5.92 Å². The molecule has 202 valence electrons. The Kier molecular flexibility index (Phi) is 9.61. The number of carbonyl (C=O) groups excluding carboxylic acids is 3. The first-order valence-electron chi connectivity index (χ1n) is 12.5. The first kappa shape index (κ1) is 28.4. The number of carboxylic acids is 1. The van der Waals surface area contributed by atoms with Crippen LogP contribution in [-0.2, 0) is 32.0 Å². The standard InChI is InChI=1S/C28H35N5O5/c1-16(2)24(33-26(35)21(29)14-19-15-30-22-12-8-7-11-20(19)22)27(36)31-17(3)25(34)32-23(28(37)38)13-18-9-5-4-6-10-18/h4-12,15-17,21,23-24,30H,13-14,29H2,1-3H3,(H,31,36)(H,32,34)(H,33,35)(H,37,38). The molecule has 7 N–H and O–H groups in total. The number of rotatable bonds is 12. The number of para-hydroxylation sites is 1. The highest BCUT2D eigenvalue weighted by atomic mass is 16.4. The summed E-state index contributed by atoms with van der Waals surface area (Å²) < 4.78 is 0. The molecule has 10 nitrogen and oxygen atoms in total. The molecule has 0 saturated carbocycles. The van der Waals surface area contributed by atoms with Crippen molar-refractivity contribution >= 4 is 34.6 Å². The molecule has 1 aromatic heterocycles. The number of carbonyl (C=O) groups is 4. The topological polar surface area (TPSA) is 166 Å². The molecule has 10 heteroatoms. The Labute approximate surface area is 221 Å². The van der Waals surface area contributed by atoms with E-state index in [0.29, 0.717) is 0 Å². The molecule has 0 aliphatic heterocycles. The van der Waals surface area contributed by atoms with Gasteiger partial charge in [-0.25, -0.2) is 4.79 Å². The predicted molar refractivity (Wildman–Crippen MR) is 144 cm³/mol. The fourth-order valence-electron chi connectivity index (χ4n) is 4.14. The van der Waals surface area contributed by atoms with E-state index in [1.807, 2.05) is 36.5 Å². The molecule has 0 fully saturated rings. The lowest BCUT2D eigenvalue weighted by Gasteiger charge is -2.25. The van der Waals surface area contributed by atoms with Crippen LogP contribution in [0.25, 0.3) is 10.9 Å². The highest BCUT2D eigenvalue weighted by Crippen LogP contribution is 2.19. The largest absolute Gasteiger partial charge is 0.480 e. The van der Waals surface area contributed by atoms with Gasteiger partial charge in [-0.1, -0.05) is 62.4 Å². The molecule has 1 heterocycles. The van der Waals surface area contributed by atoms with Crippen molar-refractivity contribution in [2.24, 2.45) is 11.7 Å². The second-order valence-electron chi connectivity index (χ2n) is 9.72. The van der Waals surface area contributed by atoms with Crippen molar-refractivity contribution in [2.45, 2.75) is 57.8 Å². The minimum absolute atomic E-state index is 0.0988. The van der Waals surface area contributed by atoms with Gasteiger partial charge in [-0.2, -0.15) is 0 Å². The quantitative estimate of drug-likeness (QED) is 0.211. The Bertz CT molecular complexity index is 1270. The lowest BCUT2D eigenvalue weighted by Crippen LogP contribution is -2.58. The van der Waals surface area contributed by atoms with Gasteiger partial charge in [-0.15, -0.1) is 0 Å². The second-order valence-corrected chi connectivity index (χ2v) is 9.72. The maximum atomic E-state index is 13.0. The fraction of sp³-hybridized carbons (Fsp3) is 0.357. The minimum atomic E-state index is -1.18. The molecule has 0 aliphatic carbocycles. The summed E-state index contributed by atoms with van der Waals surface area (Å²) in [5.41, 5.74) is 8.75. The van der Waals surface area contributed by atoms with Crippen molar-refractivity contribution in [2.75, 3.05) is 0 Å². The third-order valence-corrected chi connectivity index (χ3v) is 6.35. The molecular formula is C28H35N5O5. The van der Waals surface area contributed by atoms with Gasteiger partial charge in [0.2, 0.25) is 17.7 Å². The highest BCUT2D eigenvalue weighted by molar-refractivity contribution is 5.94. The van der Waals surface area contributed by atoms with Crippen LogP contribution in [0.5, 0.6) is 0 Å². The third-order valence-electron chi connectivity index (χ3n) is 6.35. The zero-order valence-electron chi connectivity index (χ0n) is 21.7. The molecular weight excluding hydrogens is 486 g/mol. The number of aromatic nitrogens is 1. The number of nitrogens with one attached hydrogen (secondary N) is 4. The molecule has 4 unspecified atom stereocenters. The van der Waals surface area contributed by atoms with Gasteiger partial charge in [-0.3, -0.25) is 14.4 Å². The highest BCUT2D eigenvalue weighted by Gasteiger charge is 2.30. The molecule has 4 atom stereocenters. The van der Waals surface area contributed by atoms with Crippen LogP contribution in [0.15, 0.2) is 60.8 Å². The number of aliphatic carboxylic acids is 1. The molecule has 0 bridgehead atoms. The summed E-state index contributed by atoms with van der Waals surface area (Å²) >= 11 is 0. The van der Waals surface area contributed by atoms with E-state index in [0.717, 1.165) is 22.0 Å². The van der Waals surface area contributed by atoms with Gasteiger partial charge >= 0.3 is 5.97 Å². The Morgan fingerprint density at radius 2 is 1.50 bits per heavy atom. The number of benzene rings is 2. The van der Waals surface area contributed by atoms with Crippen molar-refractivity contribution in [3.63, 3.8) is 0 Å². The van der Waals surface area contributed by atoms with Crippen molar-refractivity contribution in [3.8, 4) is 0 Å². The van der Waals surface area contributed by atoms with Gasteiger partial charge in [0.25, 0.3) is 0 Å². The van der Waals surface area contributed by atoms with Gasteiger partial charge in [0.1, 0.15) is 18.1 Å². The van der Waals surface area contributed by atoms with Crippen LogP contribution in [-0.4, -0.2) is 57.9 Å². The van der Waals surface area contributed by atoms with Gasteiger partial charge < -0.3 is 31.8 Å². The molecule has 3 rings (SSSR count). The van der Waals surface area contributed by atoms with Gasteiger partial charge in [0, 0.05) is 23.5 Å². The van der Waals surface area contributed by atoms with E-state index < -0.39 is 47.9 Å². The number of hydrogen-bond acceptors (Lipinski definition) is 5. The van der Waals surface area contributed by atoms with Crippen molar-refractivity contribution in [1.82, 2.24) is 20.9 Å². The lowest BCUT2D eigenvalue weighted by atomic mass is 10.0. The van der Waals surface area contributed by atoms with E-state index in [1.54, 1.807) is 38.1 Å². The summed E-state index contributed by atoms with van der Waals surface area (Å²) in [4.78, 5) is 53.4. The Morgan fingerprint density at radius 1 is 0.842 bits per heavy atom. The Morgan fingerprint density at radius 3 is 2.16 bits per heavy atom. The number of amides is 3. The second kappa shape index (κ2) is 12.9.